The van der Waals surface area contributed by atoms with Crippen LogP contribution in [0.5, 0.6) is 0 Å². The van der Waals surface area contributed by atoms with Gasteiger partial charge in [0.2, 0.25) is 5.91 Å². The maximum Gasteiger partial charge on any atom is 0.315 e. The van der Waals surface area contributed by atoms with Gasteiger partial charge in [-0.1, -0.05) is 36.4 Å². The standard InChI is InChI=1S/C21H29N3O2/c25-20(24-15-7-11-18-10-4-5-12-19(18)24)13-6-14-22-21(26)23-16-17-8-2-1-3-9-17/h1-3,8-9,12,18H,4-7,10-11,13-16H2,(H2,22,23,26). The van der Waals surface area contributed by atoms with E-state index in [9.17, 15) is 9.59 Å². The number of amides is 3. The average Bonchev–Trinajstić information content (AvgIpc) is 2.70. The second-order valence-corrected chi connectivity index (χ2v) is 7.14. The maximum absolute atomic E-state index is 12.6. The zero-order chi connectivity index (χ0) is 18.2. The summed E-state index contributed by atoms with van der Waals surface area (Å²) < 4.78 is 0. The summed E-state index contributed by atoms with van der Waals surface area (Å²) in [4.78, 5) is 26.4. The Morgan fingerprint density at radius 3 is 2.73 bits per heavy atom. The number of carbonyl (C=O) groups excluding carboxylic acids is 2. The van der Waals surface area contributed by atoms with Crippen LogP contribution in [-0.2, 0) is 11.3 Å². The van der Waals surface area contributed by atoms with E-state index in [-0.39, 0.29) is 11.9 Å². The number of allylic oxidation sites excluding steroid dienone is 2. The molecule has 140 valence electrons. The van der Waals surface area contributed by atoms with Gasteiger partial charge in [0, 0.05) is 31.8 Å². The first-order valence-corrected chi connectivity index (χ1v) is 9.80. The molecule has 0 radical (unpaired) electrons. The van der Waals surface area contributed by atoms with E-state index in [1.165, 1.54) is 25.0 Å². The molecule has 0 saturated carbocycles. The predicted octanol–water partition coefficient (Wildman–Crippen LogP) is 3.57. The molecule has 0 aromatic heterocycles. The van der Waals surface area contributed by atoms with Crippen molar-refractivity contribution in [3.05, 3.63) is 47.7 Å². The first-order chi connectivity index (χ1) is 12.7. The molecule has 0 spiro atoms. The van der Waals surface area contributed by atoms with Crippen LogP contribution in [0.25, 0.3) is 0 Å². The van der Waals surface area contributed by atoms with E-state index in [0.29, 0.717) is 31.8 Å². The molecule has 1 aliphatic carbocycles. The average molecular weight is 355 g/mol. The molecule has 1 heterocycles. The van der Waals surface area contributed by atoms with Crippen molar-refractivity contribution in [2.45, 2.75) is 51.5 Å². The fourth-order valence-corrected chi connectivity index (χ4v) is 3.86. The Morgan fingerprint density at radius 1 is 1.08 bits per heavy atom. The number of urea groups is 1. The number of nitrogens with one attached hydrogen (secondary N) is 2. The lowest BCUT2D eigenvalue weighted by molar-refractivity contribution is -0.130. The minimum Gasteiger partial charge on any atom is -0.338 e. The van der Waals surface area contributed by atoms with Gasteiger partial charge in [0.15, 0.2) is 0 Å². The second kappa shape index (κ2) is 9.41. The van der Waals surface area contributed by atoms with E-state index in [2.05, 4.69) is 16.7 Å². The lowest BCUT2D eigenvalue weighted by Gasteiger charge is -2.38. The largest absolute Gasteiger partial charge is 0.338 e. The number of rotatable bonds is 6. The topological polar surface area (TPSA) is 61.4 Å². The first kappa shape index (κ1) is 18.5. The number of carbonyl (C=O) groups is 2. The van der Waals surface area contributed by atoms with Crippen molar-refractivity contribution in [1.82, 2.24) is 15.5 Å². The molecule has 2 N–H and O–H groups in total. The molecule has 3 rings (SSSR count). The van der Waals surface area contributed by atoms with E-state index in [4.69, 9.17) is 0 Å². The van der Waals surface area contributed by atoms with Gasteiger partial charge >= 0.3 is 6.03 Å². The molecule has 26 heavy (non-hydrogen) atoms. The number of fused-ring (bicyclic) bond motifs is 1. The number of benzene rings is 1. The third-order valence-corrected chi connectivity index (χ3v) is 5.22. The Balaban J connectivity index is 1.34. The Morgan fingerprint density at radius 2 is 1.88 bits per heavy atom. The van der Waals surface area contributed by atoms with E-state index >= 15 is 0 Å². The van der Waals surface area contributed by atoms with Crippen LogP contribution in [0.3, 0.4) is 0 Å². The summed E-state index contributed by atoms with van der Waals surface area (Å²) in [6.07, 6.45) is 9.32. The molecule has 5 heteroatoms. The van der Waals surface area contributed by atoms with Crippen molar-refractivity contribution in [3.8, 4) is 0 Å². The van der Waals surface area contributed by atoms with Crippen molar-refractivity contribution >= 4 is 11.9 Å². The Labute approximate surface area is 155 Å². The van der Waals surface area contributed by atoms with E-state index < -0.39 is 0 Å². The van der Waals surface area contributed by atoms with Crippen molar-refractivity contribution < 1.29 is 9.59 Å². The van der Waals surface area contributed by atoms with Gasteiger partial charge in [-0.05, 0) is 50.0 Å². The third kappa shape index (κ3) is 5.10. The number of likely N-dealkylation sites (tertiary alicyclic amines) is 1. The fraction of sp³-hybridized carbons (Fsp3) is 0.524. The number of hydrogen-bond donors (Lipinski definition) is 2. The van der Waals surface area contributed by atoms with Gasteiger partial charge in [0.05, 0.1) is 0 Å². The summed E-state index contributed by atoms with van der Waals surface area (Å²) >= 11 is 0. The van der Waals surface area contributed by atoms with Gasteiger partial charge in [-0.2, -0.15) is 0 Å². The lowest BCUT2D eigenvalue weighted by Crippen LogP contribution is -2.39. The quantitative estimate of drug-likeness (QED) is 0.766. The molecule has 1 aromatic rings. The highest BCUT2D eigenvalue weighted by Gasteiger charge is 2.29. The van der Waals surface area contributed by atoms with Crippen LogP contribution >= 0.6 is 0 Å². The smallest absolute Gasteiger partial charge is 0.315 e. The number of piperidine rings is 1. The molecule has 1 saturated heterocycles. The molecule has 5 nitrogen and oxygen atoms in total. The SMILES string of the molecule is O=C(NCCCC(=O)N1CCCC2CCCC=C21)NCc1ccccc1. The molecular formula is C21H29N3O2. The molecule has 2 aliphatic rings. The van der Waals surface area contributed by atoms with Crippen molar-refractivity contribution in [3.63, 3.8) is 0 Å². The second-order valence-electron chi connectivity index (χ2n) is 7.14. The molecule has 3 amide bonds. The molecular weight excluding hydrogens is 326 g/mol. The van der Waals surface area contributed by atoms with Crippen LogP contribution in [-0.4, -0.2) is 29.9 Å². The molecule has 1 fully saturated rings. The Kier molecular flexibility index (Phi) is 6.69. The summed E-state index contributed by atoms with van der Waals surface area (Å²) in [5.74, 6) is 0.790. The number of nitrogens with zero attached hydrogens (tertiary/aromatic N) is 1. The van der Waals surface area contributed by atoms with Crippen LogP contribution < -0.4 is 10.6 Å². The van der Waals surface area contributed by atoms with Gasteiger partial charge in [0.25, 0.3) is 0 Å². The third-order valence-electron chi connectivity index (χ3n) is 5.22. The minimum absolute atomic E-state index is 0.186. The normalized spacial score (nSPS) is 19.3. The van der Waals surface area contributed by atoms with Gasteiger partial charge in [-0.25, -0.2) is 4.79 Å². The Hall–Kier alpha value is -2.30. The monoisotopic (exact) mass is 355 g/mol. The van der Waals surface area contributed by atoms with Crippen LogP contribution in [0.15, 0.2) is 42.1 Å². The van der Waals surface area contributed by atoms with E-state index in [0.717, 1.165) is 24.9 Å². The van der Waals surface area contributed by atoms with Crippen LogP contribution in [0.4, 0.5) is 4.79 Å². The van der Waals surface area contributed by atoms with Gasteiger partial charge in [0.1, 0.15) is 0 Å². The van der Waals surface area contributed by atoms with Crippen molar-refractivity contribution in [2.75, 3.05) is 13.1 Å². The molecule has 1 aromatic carbocycles. The van der Waals surface area contributed by atoms with Gasteiger partial charge in [-0.3, -0.25) is 4.79 Å². The Bertz CT molecular complexity index is 642. The van der Waals surface area contributed by atoms with Crippen LogP contribution in [0, 0.1) is 5.92 Å². The maximum atomic E-state index is 12.6. The molecule has 1 unspecified atom stereocenters. The first-order valence-electron chi connectivity index (χ1n) is 9.80. The highest BCUT2D eigenvalue weighted by molar-refractivity contribution is 5.78. The van der Waals surface area contributed by atoms with Crippen LogP contribution in [0.1, 0.15) is 50.5 Å². The van der Waals surface area contributed by atoms with E-state index in [1.807, 2.05) is 35.2 Å². The lowest BCUT2D eigenvalue weighted by atomic mass is 9.85. The van der Waals surface area contributed by atoms with Crippen molar-refractivity contribution in [1.29, 1.82) is 0 Å². The summed E-state index contributed by atoms with van der Waals surface area (Å²) in [6, 6.07) is 9.62. The predicted molar refractivity (Wildman–Crippen MR) is 102 cm³/mol. The fourth-order valence-electron chi connectivity index (χ4n) is 3.86. The minimum atomic E-state index is -0.186. The molecule has 1 aliphatic heterocycles. The number of hydrogen-bond acceptors (Lipinski definition) is 2. The summed E-state index contributed by atoms with van der Waals surface area (Å²) in [5.41, 5.74) is 2.33. The zero-order valence-electron chi connectivity index (χ0n) is 15.4. The van der Waals surface area contributed by atoms with Crippen LogP contribution in [0.2, 0.25) is 0 Å². The zero-order valence-corrected chi connectivity index (χ0v) is 15.4. The molecule has 0 bridgehead atoms. The highest BCUT2D eigenvalue weighted by atomic mass is 16.2. The van der Waals surface area contributed by atoms with Gasteiger partial charge in [-0.15, -0.1) is 0 Å². The summed E-state index contributed by atoms with van der Waals surface area (Å²) in [6.45, 7) is 1.88. The summed E-state index contributed by atoms with van der Waals surface area (Å²) in [7, 11) is 0. The van der Waals surface area contributed by atoms with Crippen molar-refractivity contribution in [2.24, 2.45) is 5.92 Å². The highest BCUT2D eigenvalue weighted by Crippen LogP contribution is 2.35. The summed E-state index contributed by atoms with van der Waals surface area (Å²) in [5, 5.41) is 5.67. The molecule has 1 atom stereocenters. The van der Waals surface area contributed by atoms with E-state index in [1.54, 1.807) is 0 Å². The van der Waals surface area contributed by atoms with Gasteiger partial charge < -0.3 is 15.5 Å².